The van der Waals surface area contributed by atoms with Crippen molar-refractivity contribution in [2.45, 2.75) is 20.4 Å². The minimum atomic E-state index is 0.636. The Morgan fingerprint density at radius 3 is 2.89 bits per heavy atom. The van der Waals surface area contributed by atoms with Crippen LogP contribution in [0.25, 0.3) is 0 Å². The summed E-state index contributed by atoms with van der Waals surface area (Å²) >= 11 is 0. The molecule has 1 aromatic carbocycles. The topological polar surface area (TPSA) is 47.0 Å². The smallest absolute Gasteiger partial charge is 0.142 e. The molecule has 2 aromatic rings. The van der Waals surface area contributed by atoms with Crippen molar-refractivity contribution in [2.75, 3.05) is 11.9 Å². The number of anilines is 1. The maximum absolute atomic E-state index is 5.61. The first-order valence-corrected chi connectivity index (χ1v) is 6.02. The highest BCUT2D eigenvalue weighted by atomic mass is 16.5. The summed E-state index contributed by atoms with van der Waals surface area (Å²) in [5, 5.41) is 3.31. The van der Waals surface area contributed by atoms with E-state index in [-0.39, 0.29) is 0 Å². The first kappa shape index (κ1) is 12.4. The van der Waals surface area contributed by atoms with E-state index < -0.39 is 0 Å². The summed E-state index contributed by atoms with van der Waals surface area (Å²) in [4.78, 5) is 8.26. The number of aromatic nitrogens is 2. The minimum Gasteiger partial charge on any atom is -0.492 e. The molecule has 1 heterocycles. The van der Waals surface area contributed by atoms with Crippen molar-refractivity contribution in [2.24, 2.45) is 0 Å². The van der Waals surface area contributed by atoms with E-state index in [1.807, 2.05) is 19.1 Å². The Labute approximate surface area is 107 Å². The normalized spacial score (nSPS) is 10.1. The van der Waals surface area contributed by atoms with E-state index in [1.54, 1.807) is 18.6 Å². The monoisotopic (exact) mass is 243 g/mol. The SMILES string of the molecule is CCOc1cc(C)ccc1NCc1cnccn1. The summed E-state index contributed by atoms with van der Waals surface area (Å²) in [6.07, 6.45) is 5.11. The second-order valence-electron chi connectivity index (χ2n) is 3.98. The average Bonchev–Trinajstić information content (AvgIpc) is 2.39. The zero-order valence-corrected chi connectivity index (χ0v) is 10.7. The molecule has 0 aliphatic rings. The van der Waals surface area contributed by atoms with Crippen molar-refractivity contribution in [1.29, 1.82) is 0 Å². The minimum absolute atomic E-state index is 0.636. The lowest BCUT2D eigenvalue weighted by atomic mass is 10.2. The molecule has 0 saturated heterocycles. The van der Waals surface area contributed by atoms with Gasteiger partial charge in [-0.3, -0.25) is 9.97 Å². The number of ether oxygens (including phenoxy) is 1. The van der Waals surface area contributed by atoms with Crippen LogP contribution in [0, 0.1) is 6.92 Å². The molecule has 0 aliphatic heterocycles. The predicted octanol–water partition coefficient (Wildman–Crippen LogP) is 2.80. The fourth-order valence-electron chi connectivity index (χ4n) is 1.66. The Morgan fingerprint density at radius 1 is 1.28 bits per heavy atom. The van der Waals surface area contributed by atoms with Gasteiger partial charge in [-0.25, -0.2) is 0 Å². The lowest BCUT2D eigenvalue weighted by Crippen LogP contribution is -2.04. The number of hydrogen-bond donors (Lipinski definition) is 1. The Hall–Kier alpha value is -2.10. The highest BCUT2D eigenvalue weighted by Crippen LogP contribution is 2.26. The van der Waals surface area contributed by atoms with Crippen LogP contribution in [0.2, 0.25) is 0 Å². The van der Waals surface area contributed by atoms with Crippen molar-refractivity contribution in [3.63, 3.8) is 0 Å². The molecule has 0 bridgehead atoms. The van der Waals surface area contributed by atoms with Gasteiger partial charge in [0.15, 0.2) is 0 Å². The average molecular weight is 243 g/mol. The van der Waals surface area contributed by atoms with Crippen LogP contribution in [0.15, 0.2) is 36.8 Å². The van der Waals surface area contributed by atoms with Crippen molar-refractivity contribution in [3.8, 4) is 5.75 Å². The molecule has 4 nitrogen and oxygen atoms in total. The van der Waals surface area contributed by atoms with Crippen LogP contribution in [-0.4, -0.2) is 16.6 Å². The second kappa shape index (κ2) is 6.00. The molecule has 0 saturated carbocycles. The number of nitrogens with zero attached hydrogens (tertiary/aromatic N) is 2. The van der Waals surface area contributed by atoms with E-state index in [9.17, 15) is 0 Å². The summed E-state index contributed by atoms with van der Waals surface area (Å²) in [6, 6.07) is 6.11. The van der Waals surface area contributed by atoms with Gasteiger partial charge >= 0.3 is 0 Å². The van der Waals surface area contributed by atoms with Gasteiger partial charge in [-0.2, -0.15) is 0 Å². The fourth-order valence-corrected chi connectivity index (χ4v) is 1.66. The van der Waals surface area contributed by atoms with Gasteiger partial charge < -0.3 is 10.1 Å². The van der Waals surface area contributed by atoms with Gasteiger partial charge in [-0.15, -0.1) is 0 Å². The van der Waals surface area contributed by atoms with Crippen LogP contribution < -0.4 is 10.1 Å². The van der Waals surface area contributed by atoms with Crippen LogP contribution in [0.5, 0.6) is 5.75 Å². The zero-order chi connectivity index (χ0) is 12.8. The number of rotatable bonds is 5. The molecule has 0 aliphatic carbocycles. The summed E-state index contributed by atoms with van der Waals surface area (Å²) < 4.78 is 5.61. The second-order valence-corrected chi connectivity index (χ2v) is 3.98. The van der Waals surface area contributed by atoms with E-state index >= 15 is 0 Å². The molecule has 0 amide bonds. The molecule has 0 spiro atoms. The van der Waals surface area contributed by atoms with E-state index in [0.717, 1.165) is 17.1 Å². The zero-order valence-electron chi connectivity index (χ0n) is 10.7. The summed E-state index contributed by atoms with van der Waals surface area (Å²) in [5.41, 5.74) is 3.07. The molecule has 0 unspecified atom stereocenters. The van der Waals surface area contributed by atoms with Crippen molar-refractivity contribution >= 4 is 5.69 Å². The predicted molar refractivity (Wildman–Crippen MR) is 71.7 cm³/mol. The Balaban J connectivity index is 2.09. The lowest BCUT2D eigenvalue weighted by molar-refractivity contribution is 0.341. The van der Waals surface area contributed by atoms with Gasteiger partial charge in [0, 0.05) is 12.4 Å². The standard InChI is InChI=1S/C14H17N3O/c1-3-18-14-8-11(2)4-5-13(14)17-10-12-9-15-6-7-16-12/h4-9,17H,3,10H2,1-2H3. The van der Waals surface area contributed by atoms with Crippen LogP contribution in [0.4, 0.5) is 5.69 Å². The van der Waals surface area contributed by atoms with Crippen LogP contribution in [0.1, 0.15) is 18.2 Å². The van der Waals surface area contributed by atoms with Gasteiger partial charge in [0.1, 0.15) is 5.75 Å². The van der Waals surface area contributed by atoms with Gasteiger partial charge in [0.2, 0.25) is 0 Å². The van der Waals surface area contributed by atoms with Gasteiger partial charge in [-0.05, 0) is 31.5 Å². The molecule has 1 aromatic heterocycles. The quantitative estimate of drug-likeness (QED) is 0.877. The first-order valence-electron chi connectivity index (χ1n) is 6.02. The summed E-state index contributed by atoms with van der Waals surface area (Å²) in [6.45, 7) is 5.32. The molecule has 94 valence electrons. The van der Waals surface area contributed by atoms with Crippen LogP contribution >= 0.6 is 0 Å². The van der Waals surface area contributed by atoms with Crippen molar-refractivity contribution in [3.05, 3.63) is 48.0 Å². The number of aryl methyl sites for hydroxylation is 1. The molecule has 0 atom stereocenters. The molecule has 4 heteroatoms. The lowest BCUT2D eigenvalue weighted by Gasteiger charge is -2.12. The summed E-state index contributed by atoms with van der Waals surface area (Å²) in [7, 11) is 0. The first-order chi connectivity index (χ1) is 8.79. The highest BCUT2D eigenvalue weighted by Gasteiger charge is 2.03. The molecule has 0 fully saturated rings. The van der Waals surface area contributed by atoms with Gasteiger partial charge in [-0.1, -0.05) is 6.07 Å². The number of benzene rings is 1. The number of hydrogen-bond acceptors (Lipinski definition) is 4. The molecule has 2 rings (SSSR count). The van der Waals surface area contributed by atoms with Crippen molar-refractivity contribution < 1.29 is 4.74 Å². The Kier molecular flexibility index (Phi) is 4.12. The maximum Gasteiger partial charge on any atom is 0.142 e. The van der Waals surface area contributed by atoms with Crippen LogP contribution in [-0.2, 0) is 6.54 Å². The number of nitrogens with one attached hydrogen (secondary N) is 1. The molecule has 18 heavy (non-hydrogen) atoms. The summed E-state index contributed by atoms with van der Waals surface area (Å²) in [5.74, 6) is 0.876. The van der Waals surface area contributed by atoms with E-state index in [1.165, 1.54) is 5.56 Å². The van der Waals surface area contributed by atoms with E-state index in [4.69, 9.17) is 4.74 Å². The largest absolute Gasteiger partial charge is 0.492 e. The highest BCUT2D eigenvalue weighted by molar-refractivity contribution is 5.57. The fraction of sp³-hybridized carbons (Fsp3) is 0.286. The third-order valence-electron chi connectivity index (χ3n) is 2.51. The molecular formula is C14H17N3O. The third kappa shape index (κ3) is 3.20. The van der Waals surface area contributed by atoms with E-state index in [0.29, 0.717) is 13.2 Å². The molecule has 0 radical (unpaired) electrons. The Bertz CT molecular complexity index is 500. The molecule has 1 N–H and O–H groups in total. The van der Waals surface area contributed by atoms with Gasteiger partial charge in [0.25, 0.3) is 0 Å². The van der Waals surface area contributed by atoms with Crippen molar-refractivity contribution in [1.82, 2.24) is 9.97 Å². The third-order valence-corrected chi connectivity index (χ3v) is 2.51. The Morgan fingerprint density at radius 2 is 2.17 bits per heavy atom. The molecular weight excluding hydrogens is 226 g/mol. The van der Waals surface area contributed by atoms with Crippen LogP contribution in [0.3, 0.4) is 0 Å². The van der Waals surface area contributed by atoms with Gasteiger partial charge in [0.05, 0.1) is 30.7 Å². The van der Waals surface area contributed by atoms with E-state index in [2.05, 4.69) is 28.3 Å². The maximum atomic E-state index is 5.61.